The SMILES string of the molecule is CC(C)(C)c1csc(CC(=O)C2C=CC(N)C2)n1. The van der Waals surface area contributed by atoms with Crippen molar-refractivity contribution in [3.63, 3.8) is 0 Å². The Morgan fingerprint density at radius 3 is 2.72 bits per heavy atom. The van der Waals surface area contributed by atoms with E-state index in [9.17, 15) is 4.79 Å². The van der Waals surface area contributed by atoms with Crippen LogP contribution in [0.3, 0.4) is 0 Å². The molecule has 0 saturated heterocycles. The van der Waals surface area contributed by atoms with Crippen molar-refractivity contribution in [1.29, 1.82) is 0 Å². The van der Waals surface area contributed by atoms with Gasteiger partial charge >= 0.3 is 0 Å². The highest BCUT2D eigenvalue weighted by Gasteiger charge is 2.24. The van der Waals surface area contributed by atoms with Gasteiger partial charge in [-0.1, -0.05) is 32.9 Å². The largest absolute Gasteiger partial charge is 0.324 e. The number of carbonyl (C=O) groups excluding carboxylic acids is 1. The van der Waals surface area contributed by atoms with E-state index in [1.54, 1.807) is 11.3 Å². The van der Waals surface area contributed by atoms with E-state index in [0.29, 0.717) is 6.42 Å². The minimum Gasteiger partial charge on any atom is -0.324 e. The van der Waals surface area contributed by atoms with Gasteiger partial charge in [-0.05, 0) is 6.42 Å². The number of hydrogen-bond acceptors (Lipinski definition) is 4. The molecule has 0 amide bonds. The lowest BCUT2D eigenvalue weighted by Gasteiger charge is -2.14. The van der Waals surface area contributed by atoms with E-state index >= 15 is 0 Å². The molecule has 2 rings (SSSR count). The standard InChI is InChI=1S/C14H20N2OS/c1-14(2,3)12-8-18-13(16-12)7-11(17)9-4-5-10(15)6-9/h4-5,8-10H,6-7,15H2,1-3H3. The molecule has 0 aliphatic heterocycles. The van der Waals surface area contributed by atoms with Crippen LogP contribution < -0.4 is 5.73 Å². The minimum atomic E-state index is -0.0120. The lowest BCUT2D eigenvalue weighted by atomic mass is 9.93. The first-order chi connectivity index (χ1) is 8.36. The number of carbonyl (C=O) groups is 1. The molecule has 0 saturated carbocycles. The van der Waals surface area contributed by atoms with Gasteiger partial charge in [0.25, 0.3) is 0 Å². The van der Waals surface area contributed by atoms with Crippen molar-refractivity contribution in [3.8, 4) is 0 Å². The number of ketones is 1. The van der Waals surface area contributed by atoms with Crippen LogP contribution in [0.5, 0.6) is 0 Å². The van der Waals surface area contributed by atoms with Gasteiger partial charge in [0.2, 0.25) is 0 Å². The molecule has 18 heavy (non-hydrogen) atoms. The number of nitrogens with zero attached hydrogens (tertiary/aromatic N) is 1. The highest BCUT2D eigenvalue weighted by molar-refractivity contribution is 7.09. The Hall–Kier alpha value is -1.00. The summed E-state index contributed by atoms with van der Waals surface area (Å²) in [7, 11) is 0. The summed E-state index contributed by atoms with van der Waals surface area (Å²) in [4.78, 5) is 16.6. The van der Waals surface area contributed by atoms with Gasteiger partial charge in [0.05, 0.1) is 12.1 Å². The lowest BCUT2D eigenvalue weighted by molar-refractivity contribution is -0.120. The first-order valence-electron chi connectivity index (χ1n) is 6.28. The number of allylic oxidation sites excluding steroid dienone is 1. The van der Waals surface area contributed by atoms with E-state index in [1.807, 2.05) is 12.2 Å². The molecule has 2 atom stereocenters. The summed E-state index contributed by atoms with van der Waals surface area (Å²) in [6, 6.07) is 0.0420. The van der Waals surface area contributed by atoms with Crippen molar-refractivity contribution in [1.82, 2.24) is 4.98 Å². The average molecular weight is 264 g/mol. The van der Waals surface area contributed by atoms with Crippen molar-refractivity contribution < 1.29 is 4.79 Å². The topological polar surface area (TPSA) is 56.0 Å². The molecule has 1 aliphatic rings. The number of nitrogens with two attached hydrogens (primary N) is 1. The molecule has 4 heteroatoms. The second-order valence-electron chi connectivity index (χ2n) is 5.91. The van der Waals surface area contributed by atoms with Crippen molar-refractivity contribution in [3.05, 3.63) is 28.2 Å². The maximum atomic E-state index is 12.1. The zero-order valence-corrected chi connectivity index (χ0v) is 12.0. The fourth-order valence-electron chi connectivity index (χ4n) is 1.98. The number of thiazole rings is 1. The van der Waals surface area contributed by atoms with Gasteiger partial charge in [-0.2, -0.15) is 0 Å². The van der Waals surface area contributed by atoms with Crippen molar-refractivity contribution in [2.24, 2.45) is 11.7 Å². The summed E-state index contributed by atoms with van der Waals surface area (Å²) in [6.45, 7) is 6.39. The van der Waals surface area contributed by atoms with E-state index in [0.717, 1.165) is 17.1 Å². The van der Waals surface area contributed by atoms with E-state index < -0.39 is 0 Å². The van der Waals surface area contributed by atoms with Crippen LogP contribution in [0.2, 0.25) is 0 Å². The van der Waals surface area contributed by atoms with Gasteiger partial charge in [-0.3, -0.25) is 4.79 Å². The van der Waals surface area contributed by atoms with Gasteiger partial charge in [-0.25, -0.2) is 4.98 Å². The van der Waals surface area contributed by atoms with Crippen LogP contribution in [0.4, 0.5) is 0 Å². The first-order valence-corrected chi connectivity index (χ1v) is 7.16. The second kappa shape index (κ2) is 4.94. The Bertz CT molecular complexity index is 470. The normalized spacial score (nSPS) is 23.6. The Balaban J connectivity index is 2.00. The molecule has 0 spiro atoms. The van der Waals surface area contributed by atoms with E-state index in [2.05, 4.69) is 31.1 Å². The van der Waals surface area contributed by atoms with Gasteiger partial charge < -0.3 is 5.73 Å². The zero-order valence-electron chi connectivity index (χ0n) is 11.1. The predicted molar refractivity (Wildman–Crippen MR) is 74.7 cm³/mol. The van der Waals surface area contributed by atoms with Crippen LogP contribution in [0, 0.1) is 5.92 Å². The van der Waals surface area contributed by atoms with E-state index in [-0.39, 0.29) is 23.2 Å². The van der Waals surface area contributed by atoms with Gasteiger partial charge in [0.15, 0.2) is 0 Å². The number of Topliss-reactive ketones (excluding diaryl/α,β-unsaturated/α-hetero) is 1. The molecular weight excluding hydrogens is 244 g/mol. The lowest BCUT2D eigenvalue weighted by Crippen LogP contribution is -2.20. The zero-order chi connectivity index (χ0) is 13.3. The molecule has 1 aromatic rings. The Labute approximate surface area is 112 Å². The summed E-state index contributed by atoms with van der Waals surface area (Å²) in [5.74, 6) is 0.219. The quantitative estimate of drug-likeness (QED) is 0.853. The molecule has 0 fully saturated rings. The summed E-state index contributed by atoms with van der Waals surface area (Å²) in [5.41, 5.74) is 6.88. The summed E-state index contributed by atoms with van der Waals surface area (Å²) >= 11 is 1.58. The van der Waals surface area contributed by atoms with Crippen LogP contribution in [-0.2, 0) is 16.6 Å². The fourth-order valence-corrected chi connectivity index (χ4v) is 3.01. The Morgan fingerprint density at radius 2 is 2.22 bits per heavy atom. The molecule has 2 unspecified atom stereocenters. The highest BCUT2D eigenvalue weighted by Crippen LogP contribution is 2.25. The summed E-state index contributed by atoms with van der Waals surface area (Å²) in [5, 5.41) is 2.97. The molecule has 0 aromatic carbocycles. The fraction of sp³-hybridized carbons (Fsp3) is 0.571. The smallest absolute Gasteiger partial charge is 0.146 e. The van der Waals surface area contributed by atoms with Crippen LogP contribution in [0.25, 0.3) is 0 Å². The van der Waals surface area contributed by atoms with Crippen LogP contribution in [0.15, 0.2) is 17.5 Å². The molecule has 2 N–H and O–H groups in total. The maximum Gasteiger partial charge on any atom is 0.146 e. The Kier molecular flexibility index (Phi) is 3.69. The van der Waals surface area contributed by atoms with Gasteiger partial charge in [0, 0.05) is 22.8 Å². The third-order valence-electron chi connectivity index (χ3n) is 3.18. The first kappa shape index (κ1) is 13.4. The monoisotopic (exact) mass is 264 g/mol. The molecule has 0 radical (unpaired) electrons. The molecule has 1 aromatic heterocycles. The van der Waals surface area contributed by atoms with Crippen LogP contribution in [0.1, 0.15) is 37.9 Å². The molecule has 1 aliphatic carbocycles. The van der Waals surface area contributed by atoms with E-state index in [4.69, 9.17) is 5.73 Å². The minimum absolute atomic E-state index is 0.0120. The maximum absolute atomic E-state index is 12.1. The van der Waals surface area contributed by atoms with Crippen molar-refractivity contribution in [2.45, 2.75) is 45.1 Å². The Morgan fingerprint density at radius 1 is 1.50 bits per heavy atom. The molecular formula is C14H20N2OS. The van der Waals surface area contributed by atoms with Crippen LogP contribution >= 0.6 is 11.3 Å². The summed E-state index contributed by atoms with van der Waals surface area (Å²) < 4.78 is 0. The summed E-state index contributed by atoms with van der Waals surface area (Å²) in [6.07, 6.45) is 5.04. The number of hydrogen-bond donors (Lipinski definition) is 1. The van der Waals surface area contributed by atoms with Crippen molar-refractivity contribution >= 4 is 17.1 Å². The third-order valence-corrected chi connectivity index (χ3v) is 4.02. The molecule has 98 valence electrons. The average Bonchev–Trinajstić information content (AvgIpc) is 2.85. The number of rotatable bonds is 3. The van der Waals surface area contributed by atoms with Crippen molar-refractivity contribution in [2.75, 3.05) is 0 Å². The molecule has 3 nitrogen and oxygen atoms in total. The van der Waals surface area contributed by atoms with Crippen LogP contribution in [-0.4, -0.2) is 16.8 Å². The second-order valence-corrected chi connectivity index (χ2v) is 6.85. The van der Waals surface area contributed by atoms with Gasteiger partial charge in [0.1, 0.15) is 10.8 Å². The van der Waals surface area contributed by atoms with E-state index in [1.165, 1.54) is 0 Å². The molecule has 0 bridgehead atoms. The number of aromatic nitrogens is 1. The predicted octanol–water partition coefficient (Wildman–Crippen LogP) is 2.46. The van der Waals surface area contributed by atoms with Gasteiger partial charge in [-0.15, -0.1) is 11.3 Å². The third kappa shape index (κ3) is 3.06. The molecule has 1 heterocycles. The highest BCUT2D eigenvalue weighted by atomic mass is 32.1.